The maximum Gasteiger partial charge on any atom is 0.330 e. The highest BCUT2D eigenvalue weighted by Gasteiger charge is 2.40. The molecule has 0 amide bonds. The van der Waals surface area contributed by atoms with Gasteiger partial charge in [-0.1, -0.05) is 6.07 Å². The number of benzene rings is 1. The number of nitrogens with two attached hydrogens (primary N) is 1. The summed E-state index contributed by atoms with van der Waals surface area (Å²) in [5.74, 6) is -4.71. The zero-order valence-corrected chi connectivity index (χ0v) is 9.31. The molecule has 102 valence electrons. The zero-order chi connectivity index (χ0) is 13.8. The van der Waals surface area contributed by atoms with E-state index in [4.69, 9.17) is 5.73 Å². The van der Waals surface area contributed by atoms with Gasteiger partial charge in [-0.15, -0.1) is 0 Å². The Kier molecular flexibility index (Phi) is 5.03. The molecule has 0 unspecified atom stereocenters. The van der Waals surface area contributed by atoms with Crippen LogP contribution in [0.4, 0.5) is 22.0 Å². The van der Waals surface area contributed by atoms with Crippen LogP contribution in [0.3, 0.4) is 0 Å². The summed E-state index contributed by atoms with van der Waals surface area (Å²) < 4.78 is 66.1. The van der Waals surface area contributed by atoms with Crippen LogP contribution < -0.4 is 5.73 Å². The lowest BCUT2D eigenvalue weighted by molar-refractivity contribution is -0.168. The van der Waals surface area contributed by atoms with Crippen LogP contribution in [0.1, 0.15) is 11.1 Å². The van der Waals surface area contributed by atoms with Gasteiger partial charge in [0, 0.05) is 6.54 Å². The Hall–Kier alpha value is -1.21. The maximum absolute atomic E-state index is 12.8. The highest BCUT2D eigenvalue weighted by atomic mass is 19.3. The van der Waals surface area contributed by atoms with Crippen LogP contribution in [-0.2, 0) is 17.9 Å². The molecule has 0 aromatic heterocycles. The standard InChI is InChI=1S/C11H12F5NO/c12-9-2-1-7(8(3-9)4-17)5-18-6-11(15,16)10(13)14/h1-3,10H,4-6,17H2. The largest absolute Gasteiger partial charge is 0.370 e. The van der Waals surface area contributed by atoms with Gasteiger partial charge in [0.1, 0.15) is 12.4 Å². The molecule has 2 nitrogen and oxygen atoms in total. The van der Waals surface area contributed by atoms with E-state index in [2.05, 4.69) is 4.74 Å². The molecule has 0 aliphatic carbocycles. The van der Waals surface area contributed by atoms with Crippen LogP contribution in [0.25, 0.3) is 0 Å². The quantitative estimate of drug-likeness (QED) is 0.806. The molecular formula is C11H12F5NO. The predicted molar refractivity (Wildman–Crippen MR) is 54.9 cm³/mol. The topological polar surface area (TPSA) is 35.2 Å². The first kappa shape index (κ1) is 14.8. The summed E-state index contributed by atoms with van der Waals surface area (Å²) >= 11 is 0. The lowest BCUT2D eigenvalue weighted by Gasteiger charge is -2.16. The molecule has 7 heteroatoms. The summed E-state index contributed by atoms with van der Waals surface area (Å²) in [5.41, 5.74) is 6.11. The fourth-order valence-corrected chi connectivity index (χ4v) is 1.29. The van der Waals surface area contributed by atoms with Crippen LogP contribution in [-0.4, -0.2) is 19.0 Å². The summed E-state index contributed by atoms with van der Waals surface area (Å²) in [6.07, 6.45) is -3.78. The van der Waals surface area contributed by atoms with Gasteiger partial charge < -0.3 is 10.5 Å². The van der Waals surface area contributed by atoms with Crippen molar-refractivity contribution in [1.82, 2.24) is 0 Å². The summed E-state index contributed by atoms with van der Waals surface area (Å²) in [6.45, 7) is -1.72. The first-order chi connectivity index (χ1) is 8.36. The number of hydrogen-bond acceptors (Lipinski definition) is 2. The first-order valence-corrected chi connectivity index (χ1v) is 5.08. The molecule has 0 saturated carbocycles. The third-order valence-electron chi connectivity index (χ3n) is 2.26. The second kappa shape index (κ2) is 6.10. The second-order valence-corrected chi connectivity index (χ2v) is 3.67. The van der Waals surface area contributed by atoms with Crippen LogP contribution in [0, 0.1) is 5.82 Å². The van der Waals surface area contributed by atoms with Crippen molar-refractivity contribution >= 4 is 0 Å². The summed E-state index contributed by atoms with van der Waals surface area (Å²) in [6, 6.07) is 3.57. The van der Waals surface area contributed by atoms with Crippen molar-refractivity contribution in [3.63, 3.8) is 0 Å². The van der Waals surface area contributed by atoms with E-state index in [0.29, 0.717) is 11.1 Å². The van der Waals surface area contributed by atoms with Gasteiger partial charge in [0.15, 0.2) is 0 Å². The molecular weight excluding hydrogens is 257 g/mol. The Morgan fingerprint density at radius 3 is 2.44 bits per heavy atom. The van der Waals surface area contributed by atoms with Gasteiger partial charge in [-0.05, 0) is 23.3 Å². The Morgan fingerprint density at radius 1 is 1.22 bits per heavy atom. The lowest BCUT2D eigenvalue weighted by atomic mass is 10.1. The molecule has 0 spiro atoms. The van der Waals surface area contributed by atoms with Crippen LogP contribution in [0.15, 0.2) is 18.2 Å². The second-order valence-electron chi connectivity index (χ2n) is 3.67. The highest BCUT2D eigenvalue weighted by Crippen LogP contribution is 2.23. The van der Waals surface area contributed by atoms with Crippen molar-refractivity contribution in [3.8, 4) is 0 Å². The zero-order valence-electron chi connectivity index (χ0n) is 9.31. The molecule has 18 heavy (non-hydrogen) atoms. The van der Waals surface area contributed by atoms with Crippen molar-refractivity contribution in [2.24, 2.45) is 5.73 Å². The molecule has 0 bridgehead atoms. The average Bonchev–Trinajstić information content (AvgIpc) is 2.30. The van der Waals surface area contributed by atoms with Gasteiger partial charge >= 0.3 is 12.3 Å². The van der Waals surface area contributed by atoms with Gasteiger partial charge in [0.2, 0.25) is 0 Å². The van der Waals surface area contributed by atoms with E-state index < -0.39 is 24.8 Å². The molecule has 1 aromatic rings. The third kappa shape index (κ3) is 3.92. The third-order valence-corrected chi connectivity index (χ3v) is 2.26. The van der Waals surface area contributed by atoms with Crippen molar-refractivity contribution in [3.05, 3.63) is 35.1 Å². The summed E-state index contributed by atoms with van der Waals surface area (Å²) in [4.78, 5) is 0. The van der Waals surface area contributed by atoms with E-state index in [0.717, 1.165) is 12.1 Å². The van der Waals surface area contributed by atoms with E-state index in [-0.39, 0.29) is 13.2 Å². The van der Waals surface area contributed by atoms with Crippen molar-refractivity contribution < 1.29 is 26.7 Å². The smallest absolute Gasteiger partial charge is 0.330 e. The minimum Gasteiger partial charge on any atom is -0.370 e. The number of alkyl halides is 4. The number of rotatable bonds is 6. The highest BCUT2D eigenvalue weighted by molar-refractivity contribution is 5.27. The SMILES string of the molecule is NCc1cc(F)ccc1COCC(F)(F)C(F)F. The molecule has 0 saturated heterocycles. The summed E-state index contributed by atoms with van der Waals surface area (Å²) in [7, 11) is 0. The number of hydrogen-bond donors (Lipinski definition) is 1. The van der Waals surface area contributed by atoms with Crippen LogP contribution in [0.5, 0.6) is 0 Å². The lowest BCUT2D eigenvalue weighted by Crippen LogP contribution is -2.32. The van der Waals surface area contributed by atoms with Gasteiger partial charge in [0.25, 0.3) is 0 Å². The maximum atomic E-state index is 12.8. The Bertz CT molecular complexity index is 397. The average molecular weight is 269 g/mol. The monoisotopic (exact) mass is 269 g/mol. The fraction of sp³-hybridized carbons (Fsp3) is 0.455. The normalized spacial score (nSPS) is 12.2. The number of halogens is 5. The van der Waals surface area contributed by atoms with E-state index in [1.807, 2.05) is 0 Å². The van der Waals surface area contributed by atoms with Crippen LogP contribution in [0.2, 0.25) is 0 Å². The van der Waals surface area contributed by atoms with E-state index >= 15 is 0 Å². The van der Waals surface area contributed by atoms with Crippen molar-refractivity contribution in [1.29, 1.82) is 0 Å². The van der Waals surface area contributed by atoms with Gasteiger partial charge in [-0.25, -0.2) is 13.2 Å². The molecule has 0 aliphatic heterocycles. The van der Waals surface area contributed by atoms with E-state index in [9.17, 15) is 22.0 Å². The molecule has 0 fully saturated rings. The first-order valence-electron chi connectivity index (χ1n) is 5.08. The Balaban J connectivity index is 2.59. The number of ether oxygens (including phenoxy) is 1. The van der Waals surface area contributed by atoms with E-state index in [1.165, 1.54) is 6.07 Å². The minimum atomic E-state index is -4.19. The molecule has 0 heterocycles. The molecule has 0 aliphatic rings. The Morgan fingerprint density at radius 2 is 1.89 bits per heavy atom. The van der Waals surface area contributed by atoms with Gasteiger partial charge in [-0.2, -0.15) is 8.78 Å². The molecule has 1 aromatic carbocycles. The summed E-state index contributed by atoms with van der Waals surface area (Å²) in [5, 5.41) is 0. The van der Waals surface area contributed by atoms with Crippen LogP contribution >= 0.6 is 0 Å². The molecule has 1 rings (SSSR count). The van der Waals surface area contributed by atoms with Crippen molar-refractivity contribution in [2.45, 2.75) is 25.5 Å². The minimum absolute atomic E-state index is 0.00168. The molecule has 2 N–H and O–H groups in total. The van der Waals surface area contributed by atoms with Gasteiger partial charge in [0.05, 0.1) is 6.61 Å². The van der Waals surface area contributed by atoms with Crippen molar-refractivity contribution in [2.75, 3.05) is 6.61 Å². The predicted octanol–water partition coefficient (Wildman–Crippen LogP) is 2.70. The van der Waals surface area contributed by atoms with E-state index in [1.54, 1.807) is 0 Å². The molecule has 0 atom stereocenters. The fourth-order valence-electron chi connectivity index (χ4n) is 1.29. The molecule has 0 radical (unpaired) electrons. The van der Waals surface area contributed by atoms with Gasteiger partial charge in [-0.3, -0.25) is 0 Å². The Labute approximate surface area is 101 Å².